The van der Waals surface area contributed by atoms with Crippen LogP contribution >= 0.6 is 0 Å². The number of carboxylic acids is 1. The summed E-state index contributed by atoms with van der Waals surface area (Å²) in [6.45, 7) is 7.68. The van der Waals surface area contributed by atoms with E-state index in [1.54, 1.807) is 13.8 Å². The van der Waals surface area contributed by atoms with Crippen molar-refractivity contribution in [2.24, 2.45) is 5.92 Å². The standard InChI is InChI=1S/C14H21NO5S/c1-9(2)8-15(10(3)4)21(19,20)11-5-6-13(16)12(7-11)14(17)18/h5-7,9-10,16H,8H2,1-4H3,(H,17,18). The van der Waals surface area contributed by atoms with E-state index in [0.29, 0.717) is 6.54 Å². The van der Waals surface area contributed by atoms with Crippen LogP contribution in [0.2, 0.25) is 0 Å². The Labute approximate surface area is 125 Å². The van der Waals surface area contributed by atoms with Gasteiger partial charge in [-0.05, 0) is 38.0 Å². The van der Waals surface area contributed by atoms with Crippen molar-refractivity contribution in [3.05, 3.63) is 23.8 Å². The van der Waals surface area contributed by atoms with Crippen LogP contribution in [0.15, 0.2) is 23.1 Å². The SMILES string of the molecule is CC(C)CN(C(C)C)S(=O)(=O)c1ccc(O)c(C(=O)O)c1. The van der Waals surface area contributed by atoms with Crippen LogP contribution in [0.5, 0.6) is 5.75 Å². The van der Waals surface area contributed by atoms with Gasteiger partial charge in [-0.1, -0.05) is 13.8 Å². The van der Waals surface area contributed by atoms with Gasteiger partial charge in [-0.15, -0.1) is 0 Å². The third kappa shape index (κ3) is 3.95. The smallest absolute Gasteiger partial charge is 0.339 e. The summed E-state index contributed by atoms with van der Waals surface area (Å²) < 4.78 is 26.6. The lowest BCUT2D eigenvalue weighted by molar-refractivity contribution is 0.0693. The highest BCUT2D eigenvalue weighted by atomic mass is 32.2. The summed E-state index contributed by atoms with van der Waals surface area (Å²) >= 11 is 0. The molecule has 118 valence electrons. The zero-order valence-corrected chi connectivity index (χ0v) is 13.4. The summed E-state index contributed by atoms with van der Waals surface area (Å²) in [4.78, 5) is 10.9. The second kappa shape index (κ2) is 6.44. The highest BCUT2D eigenvalue weighted by molar-refractivity contribution is 7.89. The number of benzene rings is 1. The molecule has 0 bridgehead atoms. The van der Waals surface area contributed by atoms with Gasteiger partial charge in [-0.25, -0.2) is 13.2 Å². The molecule has 0 amide bonds. The Morgan fingerprint density at radius 2 is 1.81 bits per heavy atom. The molecule has 0 spiro atoms. The summed E-state index contributed by atoms with van der Waals surface area (Å²) in [5.74, 6) is -1.69. The van der Waals surface area contributed by atoms with Gasteiger partial charge in [0, 0.05) is 12.6 Å². The van der Waals surface area contributed by atoms with E-state index >= 15 is 0 Å². The van der Waals surface area contributed by atoms with Crippen LogP contribution in [0.4, 0.5) is 0 Å². The Morgan fingerprint density at radius 1 is 1.24 bits per heavy atom. The van der Waals surface area contributed by atoms with Crippen molar-refractivity contribution in [2.45, 2.75) is 38.6 Å². The predicted octanol–water partition coefficient (Wildman–Crippen LogP) is 2.15. The molecule has 0 aliphatic rings. The minimum Gasteiger partial charge on any atom is -0.507 e. The molecule has 1 aromatic carbocycles. The topological polar surface area (TPSA) is 94.9 Å². The van der Waals surface area contributed by atoms with Gasteiger partial charge in [0.15, 0.2) is 0 Å². The number of phenols is 1. The average molecular weight is 315 g/mol. The van der Waals surface area contributed by atoms with Crippen molar-refractivity contribution in [3.8, 4) is 5.75 Å². The fraction of sp³-hybridized carbons (Fsp3) is 0.500. The van der Waals surface area contributed by atoms with Gasteiger partial charge in [0.25, 0.3) is 0 Å². The number of rotatable bonds is 6. The first kappa shape index (κ1) is 17.5. The third-order valence-corrected chi connectivity index (χ3v) is 4.96. The van der Waals surface area contributed by atoms with E-state index in [0.717, 1.165) is 12.1 Å². The maximum atomic E-state index is 12.6. The minimum absolute atomic E-state index is 0.132. The van der Waals surface area contributed by atoms with Crippen LogP contribution in [0.1, 0.15) is 38.1 Å². The number of hydrogen-bond acceptors (Lipinski definition) is 4. The summed E-state index contributed by atoms with van der Waals surface area (Å²) in [6.07, 6.45) is 0. The molecule has 0 heterocycles. The summed E-state index contributed by atoms with van der Waals surface area (Å²) in [6, 6.07) is 3.04. The largest absolute Gasteiger partial charge is 0.507 e. The fourth-order valence-electron chi connectivity index (χ4n) is 1.93. The molecule has 0 aromatic heterocycles. The van der Waals surface area contributed by atoms with Gasteiger partial charge < -0.3 is 10.2 Å². The summed E-state index contributed by atoms with van der Waals surface area (Å²) in [5.41, 5.74) is -0.427. The van der Waals surface area contributed by atoms with Gasteiger partial charge in [0.2, 0.25) is 10.0 Å². The molecule has 1 rings (SSSR count). The molecule has 0 aliphatic carbocycles. The molecule has 0 atom stereocenters. The lowest BCUT2D eigenvalue weighted by Gasteiger charge is -2.27. The van der Waals surface area contributed by atoms with Crippen LogP contribution in [-0.4, -0.2) is 41.5 Å². The number of carboxylic acid groups (broad SMARTS) is 1. The molecule has 6 nitrogen and oxygen atoms in total. The van der Waals surface area contributed by atoms with Crippen molar-refractivity contribution in [1.29, 1.82) is 0 Å². The molecule has 21 heavy (non-hydrogen) atoms. The Bertz CT molecular complexity index is 622. The Hall–Kier alpha value is -1.60. The van der Waals surface area contributed by atoms with E-state index in [-0.39, 0.29) is 16.9 Å². The van der Waals surface area contributed by atoms with E-state index in [1.165, 1.54) is 10.4 Å². The molecule has 7 heteroatoms. The molecule has 1 aromatic rings. The first-order valence-electron chi connectivity index (χ1n) is 6.65. The molecule has 2 N–H and O–H groups in total. The number of hydrogen-bond donors (Lipinski definition) is 2. The minimum atomic E-state index is -3.81. The second-order valence-corrected chi connectivity index (χ2v) is 7.44. The number of carbonyl (C=O) groups is 1. The number of sulfonamides is 1. The fourth-order valence-corrected chi connectivity index (χ4v) is 3.76. The van der Waals surface area contributed by atoms with E-state index in [9.17, 15) is 18.3 Å². The van der Waals surface area contributed by atoms with E-state index in [1.807, 2.05) is 13.8 Å². The van der Waals surface area contributed by atoms with E-state index in [2.05, 4.69) is 0 Å². The van der Waals surface area contributed by atoms with Crippen LogP contribution in [-0.2, 0) is 10.0 Å². The monoisotopic (exact) mass is 315 g/mol. The highest BCUT2D eigenvalue weighted by Crippen LogP contribution is 2.25. The van der Waals surface area contributed by atoms with Crippen LogP contribution < -0.4 is 0 Å². The summed E-state index contributed by atoms with van der Waals surface area (Å²) in [7, 11) is -3.81. The highest BCUT2D eigenvalue weighted by Gasteiger charge is 2.28. The van der Waals surface area contributed by atoms with Crippen molar-refractivity contribution >= 4 is 16.0 Å². The molecule has 0 saturated carbocycles. The van der Waals surface area contributed by atoms with Crippen molar-refractivity contribution < 1.29 is 23.4 Å². The molecular weight excluding hydrogens is 294 g/mol. The Balaban J connectivity index is 3.35. The quantitative estimate of drug-likeness (QED) is 0.838. The van der Waals surface area contributed by atoms with Gasteiger partial charge in [0.1, 0.15) is 11.3 Å². The molecule has 0 radical (unpaired) electrons. The molecule has 0 fully saturated rings. The van der Waals surface area contributed by atoms with Gasteiger partial charge in [0.05, 0.1) is 4.90 Å². The zero-order chi connectivity index (χ0) is 16.4. The van der Waals surface area contributed by atoms with Crippen LogP contribution in [0.3, 0.4) is 0 Å². The van der Waals surface area contributed by atoms with E-state index < -0.39 is 27.3 Å². The third-order valence-electron chi connectivity index (χ3n) is 2.93. The lowest BCUT2D eigenvalue weighted by Crippen LogP contribution is -2.39. The first-order chi connectivity index (χ1) is 9.57. The van der Waals surface area contributed by atoms with Crippen LogP contribution in [0, 0.1) is 5.92 Å². The molecule has 0 unspecified atom stereocenters. The van der Waals surface area contributed by atoms with Crippen LogP contribution in [0.25, 0.3) is 0 Å². The molecule has 0 aliphatic heterocycles. The van der Waals surface area contributed by atoms with Gasteiger partial charge in [-0.2, -0.15) is 4.31 Å². The number of aromatic carboxylic acids is 1. The second-order valence-electron chi connectivity index (χ2n) is 5.55. The van der Waals surface area contributed by atoms with E-state index in [4.69, 9.17) is 5.11 Å². The normalized spacial score (nSPS) is 12.3. The zero-order valence-electron chi connectivity index (χ0n) is 12.6. The van der Waals surface area contributed by atoms with Gasteiger partial charge in [-0.3, -0.25) is 0 Å². The van der Waals surface area contributed by atoms with Gasteiger partial charge >= 0.3 is 5.97 Å². The number of aromatic hydroxyl groups is 1. The molecular formula is C14H21NO5S. The Morgan fingerprint density at radius 3 is 2.24 bits per heavy atom. The Kier molecular flexibility index (Phi) is 5.36. The summed E-state index contributed by atoms with van der Waals surface area (Å²) in [5, 5.41) is 18.5. The molecule has 0 saturated heterocycles. The average Bonchev–Trinajstić information content (AvgIpc) is 2.35. The first-order valence-corrected chi connectivity index (χ1v) is 8.09. The van der Waals surface area contributed by atoms with Crippen molar-refractivity contribution in [3.63, 3.8) is 0 Å². The lowest BCUT2D eigenvalue weighted by atomic mass is 10.2. The van der Waals surface area contributed by atoms with Crippen molar-refractivity contribution in [1.82, 2.24) is 4.31 Å². The number of nitrogens with zero attached hydrogens (tertiary/aromatic N) is 1. The predicted molar refractivity (Wildman–Crippen MR) is 78.9 cm³/mol. The maximum Gasteiger partial charge on any atom is 0.339 e. The maximum absolute atomic E-state index is 12.6. The van der Waals surface area contributed by atoms with Crippen molar-refractivity contribution in [2.75, 3.05) is 6.54 Å².